The molecule has 1 saturated heterocycles. The van der Waals surface area contributed by atoms with Gasteiger partial charge in [-0.05, 0) is 25.7 Å². The molecule has 1 heterocycles. The van der Waals surface area contributed by atoms with Crippen LogP contribution < -0.4 is 0 Å². The van der Waals surface area contributed by atoms with Crippen molar-refractivity contribution in [3.05, 3.63) is 11.6 Å². The molecule has 0 aromatic heterocycles. The van der Waals surface area contributed by atoms with Crippen molar-refractivity contribution in [1.82, 2.24) is 4.90 Å². The highest BCUT2D eigenvalue weighted by Gasteiger charge is 2.29. The van der Waals surface area contributed by atoms with Crippen LogP contribution in [0.4, 0.5) is 0 Å². The standard InChI is InChI=1S/C12H17NO4/c1-8(9-2-3-9)6-11(14)13-4-5-17-10(7-13)12(15)16/h6,9-10H,2-5,7H2,1H3,(H,15,16)/b8-6+. The minimum Gasteiger partial charge on any atom is -0.479 e. The average Bonchev–Trinajstić information content (AvgIpc) is 3.12. The molecule has 17 heavy (non-hydrogen) atoms. The molecule has 1 aliphatic carbocycles. The van der Waals surface area contributed by atoms with E-state index in [-0.39, 0.29) is 12.5 Å². The lowest BCUT2D eigenvalue weighted by Gasteiger charge is -2.30. The molecule has 5 nitrogen and oxygen atoms in total. The SMILES string of the molecule is C/C(=C\C(=O)N1CCOC(C(=O)O)C1)C1CC1. The Hall–Kier alpha value is -1.36. The molecule has 0 radical (unpaired) electrons. The molecule has 1 unspecified atom stereocenters. The van der Waals surface area contributed by atoms with Crippen molar-refractivity contribution in [2.24, 2.45) is 5.92 Å². The third kappa shape index (κ3) is 3.06. The number of morpholine rings is 1. The van der Waals surface area contributed by atoms with E-state index in [0.717, 1.165) is 18.4 Å². The van der Waals surface area contributed by atoms with Crippen LogP contribution in [0, 0.1) is 5.92 Å². The Kier molecular flexibility index (Phi) is 3.47. The summed E-state index contributed by atoms with van der Waals surface area (Å²) < 4.78 is 5.07. The second-order valence-corrected chi connectivity index (χ2v) is 4.64. The number of amides is 1. The summed E-state index contributed by atoms with van der Waals surface area (Å²) in [6.45, 7) is 2.86. The summed E-state index contributed by atoms with van der Waals surface area (Å²) in [4.78, 5) is 24.2. The summed E-state index contributed by atoms with van der Waals surface area (Å²) in [5.74, 6) is -0.537. The van der Waals surface area contributed by atoms with Gasteiger partial charge in [0.15, 0.2) is 6.10 Å². The molecule has 0 aromatic rings. The predicted molar refractivity (Wildman–Crippen MR) is 60.4 cm³/mol. The average molecular weight is 239 g/mol. The van der Waals surface area contributed by atoms with Crippen molar-refractivity contribution < 1.29 is 19.4 Å². The molecular weight excluding hydrogens is 222 g/mol. The second kappa shape index (κ2) is 4.87. The number of rotatable bonds is 3. The number of carbonyl (C=O) groups excluding carboxylic acids is 1. The van der Waals surface area contributed by atoms with Gasteiger partial charge in [-0.15, -0.1) is 0 Å². The van der Waals surface area contributed by atoms with Gasteiger partial charge in [-0.25, -0.2) is 4.79 Å². The number of carbonyl (C=O) groups is 2. The normalized spacial score (nSPS) is 25.8. The maximum absolute atomic E-state index is 11.9. The first-order valence-corrected chi connectivity index (χ1v) is 5.89. The van der Waals surface area contributed by atoms with Gasteiger partial charge in [-0.2, -0.15) is 0 Å². The molecule has 0 bridgehead atoms. The molecule has 0 spiro atoms. The van der Waals surface area contributed by atoms with Crippen LogP contribution in [0.15, 0.2) is 11.6 Å². The number of hydrogen-bond acceptors (Lipinski definition) is 3. The lowest BCUT2D eigenvalue weighted by molar-refractivity contribution is -0.158. The van der Waals surface area contributed by atoms with E-state index < -0.39 is 12.1 Å². The quantitative estimate of drug-likeness (QED) is 0.734. The Balaban J connectivity index is 1.94. The summed E-state index contributed by atoms with van der Waals surface area (Å²) >= 11 is 0. The van der Waals surface area contributed by atoms with Crippen LogP contribution in [-0.2, 0) is 14.3 Å². The van der Waals surface area contributed by atoms with E-state index in [9.17, 15) is 9.59 Å². The van der Waals surface area contributed by atoms with E-state index in [1.165, 1.54) is 0 Å². The van der Waals surface area contributed by atoms with Gasteiger partial charge in [0.25, 0.3) is 0 Å². The Morgan fingerprint density at radius 2 is 2.12 bits per heavy atom. The molecule has 1 amide bonds. The number of nitrogens with zero attached hydrogens (tertiary/aromatic N) is 1. The highest BCUT2D eigenvalue weighted by molar-refractivity contribution is 5.89. The summed E-state index contributed by atoms with van der Waals surface area (Å²) in [6, 6.07) is 0. The fourth-order valence-electron chi connectivity index (χ4n) is 1.94. The Morgan fingerprint density at radius 1 is 1.41 bits per heavy atom. The van der Waals surface area contributed by atoms with Crippen molar-refractivity contribution in [3.63, 3.8) is 0 Å². The van der Waals surface area contributed by atoms with Crippen LogP contribution in [0.1, 0.15) is 19.8 Å². The fourth-order valence-corrected chi connectivity index (χ4v) is 1.94. The van der Waals surface area contributed by atoms with Gasteiger partial charge in [0.1, 0.15) is 0 Å². The first kappa shape index (κ1) is 12.1. The third-order valence-electron chi connectivity index (χ3n) is 3.23. The van der Waals surface area contributed by atoms with E-state index >= 15 is 0 Å². The van der Waals surface area contributed by atoms with Crippen molar-refractivity contribution >= 4 is 11.9 Å². The second-order valence-electron chi connectivity index (χ2n) is 4.64. The topological polar surface area (TPSA) is 66.8 Å². The highest BCUT2D eigenvalue weighted by atomic mass is 16.5. The zero-order valence-corrected chi connectivity index (χ0v) is 9.89. The van der Waals surface area contributed by atoms with E-state index in [2.05, 4.69) is 0 Å². The molecule has 0 aromatic carbocycles. The van der Waals surface area contributed by atoms with Gasteiger partial charge in [0, 0.05) is 12.6 Å². The Labute approximate surface area is 100 Å². The fraction of sp³-hybridized carbons (Fsp3) is 0.667. The number of hydrogen-bond donors (Lipinski definition) is 1. The van der Waals surface area contributed by atoms with Gasteiger partial charge in [-0.1, -0.05) is 5.57 Å². The van der Waals surface area contributed by atoms with E-state index in [1.807, 2.05) is 6.92 Å². The summed E-state index contributed by atoms with van der Waals surface area (Å²) in [7, 11) is 0. The van der Waals surface area contributed by atoms with E-state index in [1.54, 1.807) is 11.0 Å². The van der Waals surface area contributed by atoms with Gasteiger partial charge in [-0.3, -0.25) is 4.79 Å². The number of carboxylic acid groups (broad SMARTS) is 1. The summed E-state index contributed by atoms with van der Waals surface area (Å²) in [5, 5.41) is 8.84. The summed E-state index contributed by atoms with van der Waals surface area (Å²) in [5.41, 5.74) is 1.10. The third-order valence-corrected chi connectivity index (χ3v) is 3.23. The number of ether oxygens (including phenoxy) is 1. The first-order valence-electron chi connectivity index (χ1n) is 5.89. The maximum Gasteiger partial charge on any atom is 0.334 e. The molecule has 94 valence electrons. The maximum atomic E-state index is 11.9. The number of carboxylic acids is 1. The number of allylic oxidation sites excluding steroid dienone is 1. The predicted octanol–water partition coefficient (Wildman–Crippen LogP) is 0.655. The van der Waals surface area contributed by atoms with Crippen LogP contribution in [0.25, 0.3) is 0 Å². The minimum absolute atomic E-state index is 0.0936. The highest BCUT2D eigenvalue weighted by Crippen LogP contribution is 2.35. The summed E-state index contributed by atoms with van der Waals surface area (Å²) in [6.07, 6.45) is 3.08. The number of aliphatic carboxylic acids is 1. The largest absolute Gasteiger partial charge is 0.479 e. The van der Waals surface area contributed by atoms with Crippen molar-refractivity contribution in [3.8, 4) is 0 Å². The molecule has 2 fully saturated rings. The van der Waals surface area contributed by atoms with Crippen molar-refractivity contribution in [1.29, 1.82) is 0 Å². The zero-order valence-electron chi connectivity index (χ0n) is 9.89. The van der Waals surface area contributed by atoms with Crippen LogP contribution in [-0.4, -0.2) is 47.7 Å². The first-order chi connectivity index (χ1) is 8.08. The smallest absolute Gasteiger partial charge is 0.334 e. The minimum atomic E-state index is -1.01. The van der Waals surface area contributed by atoms with Crippen molar-refractivity contribution in [2.45, 2.75) is 25.9 Å². The lowest BCUT2D eigenvalue weighted by Crippen LogP contribution is -2.48. The molecule has 1 atom stereocenters. The van der Waals surface area contributed by atoms with E-state index in [4.69, 9.17) is 9.84 Å². The van der Waals surface area contributed by atoms with Gasteiger partial charge in [0.05, 0.1) is 13.2 Å². The molecule has 2 aliphatic rings. The molecule has 5 heteroatoms. The van der Waals surface area contributed by atoms with Crippen molar-refractivity contribution in [2.75, 3.05) is 19.7 Å². The monoisotopic (exact) mass is 239 g/mol. The Morgan fingerprint density at radius 3 is 2.71 bits per heavy atom. The molecule has 1 saturated carbocycles. The Bertz CT molecular complexity index is 360. The molecular formula is C12H17NO4. The van der Waals surface area contributed by atoms with Crippen LogP contribution >= 0.6 is 0 Å². The van der Waals surface area contributed by atoms with E-state index in [0.29, 0.717) is 19.1 Å². The van der Waals surface area contributed by atoms with Gasteiger partial charge < -0.3 is 14.7 Å². The molecule has 2 rings (SSSR count). The molecule has 1 aliphatic heterocycles. The van der Waals surface area contributed by atoms with Crippen LogP contribution in [0.3, 0.4) is 0 Å². The van der Waals surface area contributed by atoms with Crippen LogP contribution in [0.2, 0.25) is 0 Å². The molecule has 1 N–H and O–H groups in total. The van der Waals surface area contributed by atoms with Gasteiger partial charge in [0.2, 0.25) is 5.91 Å². The van der Waals surface area contributed by atoms with Gasteiger partial charge >= 0.3 is 5.97 Å². The zero-order chi connectivity index (χ0) is 12.4. The van der Waals surface area contributed by atoms with Crippen LogP contribution in [0.5, 0.6) is 0 Å². The lowest BCUT2D eigenvalue weighted by atomic mass is 10.1.